The highest BCUT2D eigenvalue weighted by atomic mass is 79.9. The topological polar surface area (TPSA) is 153 Å². The summed E-state index contributed by atoms with van der Waals surface area (Å²) in [6, 6.07) is 12.2. The lowest BCUT2D eigenvalue weighted by Crippen LogP contribution is -2.56. The van der Waals surface area contributed by atoms with E-state index in [-0.39, 0.29) is 41.8 Å². The molecule has 4 aliphatic rings. The Balaban J connectivity index is 0.000000159. The fourth-order valence-electron chi connectivity index (χ4n) is 7.37. The van der Waals surface area contributed by atoms with Crippen molar-refractivity contribution in [2.45, 2.75) is 103 Å². The third kappa shape index (κ3) is 10.7. The molecule has 4 fully saturated rings. The molecule has 4 aliphatic heterocycles. The van der Waals surface area contributed by atoms with Crippen LogP contribution in [0.25, 0.3) is 20.4 Å². The number of carbonyl (C=O) groups excluding carboxylic acids is 4. The van der Waals surface area contributed by atoms with E-state index in [2.05, 4.69) is 35.9 Å². The number of likely N-dealkylation sites (tertiary alicyclic amines) is 2. The van der Waals surface area contributed by atoms with Crippen molar-refractivity contribution in [1.82, 2.24) is 25.1 Å². The zero-order valence-electron chi connectivity index (χ0n) is 33.6. The largest absolute Gasteiger partial charge is 0.465 e. The molecule has 0 aliphatic carbocycles. The summed E-state index contributed by atoms with van der Waals surface area (Å²) in [7, 11) is 2.75. The Bertz CT molecular complexity index is 2090. The fourth-order valence-corrected chi connectivity index (χ4v) is 9.96. The molecule has 4 bridgehead atoms. The van der Waals surface area contributed by atoms with Crippen LogP contribution >= 0.6 is 38.6 Å². The molecule has 4 unspecified atom stereocenters. The molecule has 2 aromatic carbocycles. The van der Waals surface area contributed by atoms with Crippen molar-refractivity contribution in [3.63, 3.8) is 0 Å². The summed E-state index contributed by atoms with van der Waals surface area (Å²) >= 11 is 6.37. The number of hydrogen-bond donors (Lipinski definition) is 1. The number of nitrogens with one attached hydrogen (secondary N) is 1. The van der Waals surface area contributed by atoms with Gasteiger partial charge in [0, 0.05) is 50.3 Å². The van der Waals surface area contributed by atoms with Crippen molar-refractivity contribution < 1.29 is 38.1 Å². The summed E-state index contributed by atoms with van der Waals surface area (Å²) in [5, 5.41) is 4.44. The molecule has 2 amide bonds. The van der Waals surface area contributed by atoms with Crippen LogP contribution in [0.2, 0.25) is 0 Å². The fraction of sp³-hybridized carbons (Fsp3) is 0.550. The molecule has 0 saturated carbocycles. The number of piperazine rings is 2. The zero-order valence-corrected chi connectivity index (χ0v) is 36.8. The Morgan fingerprint density at radius 1 is 0.684 bits per heavy atom. The summed E-state index contributed by atoms with van der Waals surface area (Å²) in [6.07, 6.45) is 4.03. The van der Waals surface area contributed by atoms with Gasteiger partial charge in [0.1, 0.15) is 11.2 Å². The third-order valence-electron chi connectivity index (χ3n) is 9.80. The molecule has 6 heterocycles. The first kappa shape index (κ1) is 42.5. The number of anilines is 1. The molecular weight excluding hydrogens is 837 g/mol. The number of carbonyl (C=O) groups is 4. The van der Waals surface area contributed by atoms with Gasteiger partial charge in [0.05, 0.1) is 45.8 Å². The Hall–Kier alpha value is -4.06. The minimum absolute atomic E-state index is 0.166. The van der Waals surface area contributed by atoms with E-state index >= 15 is 0 Å². The Morgan fingerprint density at radius 2 is 1.14 bits per heavy atom. The van der Waals surface area contributed by atoms with Gasteiger partial charge in [0.25, 0.3) is 0 Å². The van der Waals surface area contributed by atoms with Gasteiger partial charge in [-0.3, -0.25) is 0 Å². The number of halogens is 1. The molecule has 0 radical (unpaired) electrons. The molecule has 17 heteroatoms. The molecule has 57 heavy (non-hydrogen) atoms. The molecule has 4 saturated heterocycles. The maximum Gasteiger partial charge on any atom is 0.410 e. The van der Waals surface area contributed by atoms with Gasteiger partial charge < -0.3 is 39.0 Å². The number of fused-ring (bicyclic) bond motifs is 6. The van der Waals surface area contributed by atoms with E-state index < -0.39 is 5.60 Å². The highest BCUT2D eigenvalue weighted by Crippen LogP contribution is 2.39. The smallest absolute Gasteiger partial charge is 0.410 e. The SMILES string of the molecule is CC(C)(C)OC(=O)N1CC2CCC(C1)N2.COC(=O)c1ccc2nc(Br)sc2c1.COC(=O)c1ccc2nc(N3C4CCC3CN(C(=O)OC(C)(C)C)C4)sc2c1. The van der Waals surface area contributed by atoms with Gasteiger partial charge in [-0.25, -0.2) is 29.1 Å². The number of methoxy groups -OCH3 is 2. The average molecular weight is 888 g/mol. The van der Waals surface area contributed by atoms with Crippen LogP contribution in [-0.2, 0) is 18.9 Å². The predicted octanol–water partition coefficient (Wildman–Crippen LogP) is 7.87. The summed E-state index contributed by atoms with van der Waals surface area (Å²) < 4.78 is 23.1. The van der Waals surface area contributed by atoms with Gasteiger partial charge in [-0.2, -0.15) is 0 Å². The first-order valence-corrected chi connectivity index (χ1v) is 21.5. The van der Waals surface area contributed by atoms with E-state index in [1.807, 2.05) is 69.5 Å². The van der Waals surface area contributed by atoms with Crippen molar-refractivity contribution in [2.24, 2.45) is 0 Å². The standard InChI is InChI=1S/C20H25N3O4S.C11H20N2O2.C9H6BrNO2S/c1-20(2,3)27-19(25)22-10-13-6-7-14(11-22)23(13)18-21-15-8-5-12(17(24)26-4)9-16(15)28-18;1-11(2,3)15-10(14)13-6-8-4-5-9(7-13)12-8;1-13-8(12)5-2-3-6-7(4-5)14-9(10)11-6/h5,8-9,13-14H,6-7,10-11H2,1-4H3;8-9,12H,4-7H2,1-3H3;2-4H,1H3. The van der Waals surface area contributed by atoms with Crippen LogP contribution in [0.5, 0.6) is 0 Å². The molecular formula is C40H51BrN6O8S2. The van der Waals surface area contributed by atoms with Crippen molar-refractivity contribution >= 4 is 88.3 Å². The second kappa shape index (κ2) is 17.4. The number of hydrogen-bond acceptors (Lipinski definition) is 14. The van der Waals surface area contributed by atoms with E-state index in [9.17, 15) is 19.2 Å². The van der Waals surface area contributed by atoms with Crippen molar-refractivity contribution in [2.75, 3.05) is 45.3 Å². The van der Waals surface area contributed by atoms with E-state index in [4.69, 9.17) is 19.2 Å². The highest BCUT2D eigenvalue weighted by Gasteiger charge is 2.44. The van der Waals surface area contributed by atoms with Gasteiger partial charge in [0.2, 0.25) is 0 Å². The molecule has 8 rings (SSSR count). The Kier molecular flexibility index (Phi) is 13.0. The molecule has 2 aromatic heterocycles. The molecule has 4 aromatic rings. The van der Waals surface area contributed by atoms with Crippen LogP contribution < -0.4 is 10.2 Å². The predicted molar refractivity (Wildman–Crippen MR) is 224 cm³/mol. The quantitative estimate of drug-likeness (QED) is 0.157. The lowest BCUT2D eigenvalue weighted by Gasteiger charge is -2.41. The van der Waals surface area contributed by atoms with Gasteiger partial charge in [-0.1, -0.05) is 11.3 Å². The van der Waals surface area contributed by atoms with E-state index in [1.165, 1.54) is 38.4 Å². The molecule has 1 N–H and O–H groups in total. The summed E-state index contributed by atoms with van der Waals surface area (Å²) in [4.78, 5) is 62.3. The number of rotatable bonds is 3. The van der Waals surface area contributed by atoms with Crippen LogP contribution in [0.15, 0.2) is 40.3 Å². The lowest BCUT2D eigenvalue weighted by atomic mass is 10.2. The molecule has 14 nitrogen and oxygen atoms in total. The number of benzene rings is 2. The molecule has 0 spiro atoms. The van der Waals surface area contributed by atoms with E-state index in [0.717, 1.165) is 55.4 Å². The van der Waals surface area contributed by atoms with Crippen molar-refractivity contribution in [3.05, 3.63) is 51.4 Å². The first-order chi connectivity index (χ1) is 26.9. The maximum absolute atomic E-state index is 12.5. The van der Waals surface area contributed by atoms with E-state index in [0.29, 0.717) is 36.3 Å². The number of esters is 2. The number of aromatic nitrogens is 2. The number of thiazole rings is 2. The molecule has 4 atom stereocenters. The summed E-state index contributed by atoms with van der Waals surface area (Å²) in [6.45, 7) is 14.3. The molecule has 308 valence electrons. The summed E-state index contributed by atoms with van der Waals surface area (Å²) in [5.41, 5.74) is 1.97. The average Bonchev–Trinajstić information content (AvgIpc) is 3.90. The van der Waals surface area contributed by atoms with Gasteiger partial charge >= 0.3 is 24.1 Å². The number of amides is 2. The minimum atomic E-state index is -0.488. The number of ether oxygens (including phenoxy) is 4. The van der Waals surface area contributed by atoms with Gasteiger partial charge in [-0.05, 0) is 120 Å². The monoisotopic (exact) mass is 886 g/mol. The van der Waals surface area contributed by atoms with Crippen molar-refractivity contribution in [3.8, 4) is 0 Å². The third-order valence-corrected chi connectivity index (χ3v) is 12.3. The van der Waals surface area contributed by atoms with Crippen LogP contribution in [-0.4, -0.2) is 120 Å². The minimum Gasteiger partial charge on any atom is -0.465 e. The zero-order chi connectivity index (χ0) is 41.2. The van der Waals surface area contributed by atoms with Crippen LogP contribution in [0.1, 0.15) is 87.9 Å². The summed E-state index contributed by atoms with van der Waals surface area (Å²) in [5.74, 6) is -0.667. The second-order valence-electron chi connectivity index (χ2n) is 16.5. The van der Waals surface area contributed by atoms with Crippen LogP contribution in [0, 0.1) is 0 Å². The van der Waals surface area contributed by atoms with Gasteiger partial charge in [0.15, 0.2) is 9.05 Å². The Labute approximate surface area is 349 Å². The van der Waals surface area contributed by atoms with Crippen LogP contribution in [0.4, 0.5) is 14.7 Å². The first-order valence-electron chi connectivity index (χ1n) is 19.0. The maximum atomic E-state index is 12.5. The second-order valence-corrected chi connectivity index (χ2v) is 19.8. The number of nitrogens with zero attached hydrogens (tertiary/aromatic N) is 5. The van der Waals surface area contributed by atoms with E-state index in [1.54, 1.807) is 29.5 Å². The van der Waals surface area contributed by atoms with Crippen LogP contribution in [0.3, 0.4) is 0 Å². The normalized spacial score (nSPS) is 21.3. The van der Waals surface area contributed by atoms with Crippen molar-refractivity contribution in [1.29, 1.82) is 0 Å². The highest BCUT2D eigenvalue weighted by molar-refractivity contribution is 9.11. The lowest BCUT2D eigenvalue weighted by molar-refractivity contribution is 0.0185. The Morgan fingerprint density at radius 3 is 1.61 bits per heavy atom. The van der Waals surface area contributed by atoms with Gasteiger partial charge in [-0.15, -0.1) is 11.3 Å².